The van der Waals surface area contributed by atoms with Gasteiger partial charge in [0, 0.05) is 31.1 Å². The highest BCUT2D eigenvalue weighted by Gasteiger charge is 2.32. The Bertz CT molecular complexity index is 1270. The molecule has 4 rings (SSSR count). The fourth-order valence-electron chi connectivity index (χ4n) is 5.15. The molecular formula is C26H34N4O3S2. The van der Waals surface area contributed by atoms with Crippen LogP contribution in [0, 0.1) is 44.9 Å². The lowest BCUT2D eigenvalue weighted by atomic mass is 9.89. The van der Waals surface area contributed by atoms with Crippen molar-refractivity contribution in [2.24, 2.45) is 5.92 Å². The number of carbonyl (C=O) groups excluding carboxylic acids is 1. The van der Waals surface area contributed by atoms with Crippen molar-refractivity contribution in [1.29, 1.82) is 5.26 Å². The Kier molecular flexibility index (Phi) is 7.39. The van der Waals surface area contributed by atoms with E-state index in [0.29, 0.717) is 47.6 Å². The van der Waals surface area contributed by atoms with Gasteiger partial charge in [-0.1, -0.05) is 13.0 Å². The fraction of sp³-hybridized carbons (Fsp3) is 0.538. The molecule has 9 heteroatoms. The smallest absolute Gasteiger partial charge is 0.243 e. The van der Waals surface area contributed by atoms with E-state index >= 15 is 0 Å². The second-order valence-electron chi connectivity index (χ2n) is 9.99. The van der Waals surface area contributed by atoms with Gasteiger partial charge in [0.25, 0.3) is 0 Å². The molecule has 0 radical (unpaired) electrons. The molecular weight excluding hydrogens is 480 g/mol. The molecule has 2 aromatic rings. The SMILES string of the molecule is Cc1cc(C)c(C)c(S(=O)(=O)N2CCN(CC(=O)Nc3sc4c(c3C#N)CC[C@H](C)C4)CC2)c1C. The Morgan fingerprint density at radius 1 is 1.14 bits per heavy atom. The normalized spacial score (nSPS) is 19.3. The van der Waals surface area contributed by atoms with Crippen LogP contribution in [0.2, 0.25) is 0 Å². The average molecular weight is 515 g/mol. The van der Waals surface area contributed by atoms with Crippen molar-refractivity contribution in [3.8, 4) is 6.07 Å². The van der Waals surface area contributed by atoms with Crippen LogP contribution in [0.3, 0.4) is 0 Å². The number of anilines is 1. The van der Waals surface area contributed by atoms with Gasteiger partial charge in [0.2, 0.25) is 15.9 Å². The average Bonchev–Trinajstić information content (AvgIpc) is 3.13. The van der Waals surface area contributed by atoms with E-state index in [9.17, 15) is 18.5 Å². The molecule has 0 saturated carbocycles. The first-order valence-electron chi connectivity index (χ1n) is 12.2. The number of thiophene rings is 1. The first kappa shape index (κ1) is 25.8. The van der Waals surface area contributed by atoms with Crippen LogP contribution in [-0.2, 0) is 27.7 Å². The first-order valence-corrected chi connectivity index (χ1v) is 14.4. The molecule has 7 nitrogen and oxygen atoms in total. The van der Waals surface area contributed by atoms with Gasteiger partial charge in [0.1, 0.15) is 11.1 Å². The van der Waals surface area contributed by atoms with Crippen LogP contribution in [0.5, 0.6) is 0 Å². The number of benzene rings is 1. The van der Waals surface area contributed by atoms with Gasteiger partial charge in [-0.25, -0.2) is 8.42 Å². The number of sulfonamides is 1. The van der Waals surface area contributed by atoms with Crippen LogP contribution < -0.4 is 5.32 Å². The van der Waals surface area contributed by atoms with Crippen LogP contribution >= 0.6 is 11.3 Å². The Morgan fingerprint density at radius 2 is 1.77 bits per heavy atom. The van der Waals surface area contributed by atoms with E-state index in [4.69, 9.17) is 0 Å². The highest BCUT2D eigenvalue weighted by atomic mass is 32.2. The number of hydrogen-bond donors (Lipinski definition) is 1. The third-order valence-corrected chi connectivity index (χ3v) is 10.8. The predicted octanol–water partition coefficient (Wildman–Crippen LogP) is 3.92. The predicted molar refractivity (Wildman–Crippen MR) is 139 cm³/mol. The van der Waals surface area contributed by atoms with Gasteiger partial charge in [0.15, 0.2) is 0 Å². The molecule has 1 fully saturated rings. The zero-order valence-electron chi connectivity index (χ0n) is 21.2. The van der Waals surface area contributed by atoms with E-state index in [1.807, 2.05) is 38.7 Å². The summed E-state index contributed by atoms with van der Waals surface area (Å²) in [6, 6.07) is 4.32. The summed E-state index contributed by atoms with van der Waals surface area (Å²) in [7, 11) is -3.61. The minimum absolute atomic E-state index is 0.162. The Hall–Kier alpha value is -2.25. The van der Waals surface area contributed by atoms with Gasteiger partial charge in [-0.05, 0) is 80.7 Å². The summed E-state index contributed by atoms with van der Waals surface area (Å²) in [6.07, 6.45) is 2.92. The number of aryl methyl sites for hydroxylation is 2. The van der Waals surface area contributed by atoms with Gasteiger partial charge < -0.3 is 5.32 Å². The van der Waals surface area contributed by atoms with Crippen molar-refractivity contribution in [1.82, 2.24) is 9.21 Å². The van der Waals surface area contributed by atoms with E-state index in [-0.39, 0.29) is 12.5 Å². The number of piperazine rings is 1. The second-order valence-corrected chi connectivity index (χ2v) is 13.0. The van der Waals surface area contributed by atoms with E-state index in [1.54, 1.807) is 0 Å². The Labute approximate surface area is 212 Å². The number of amides is 1. The number of fused-ring (bicyclic) bond motifs is 1. The number of nitrogens with one attached hydrogen (secondary N) is 1. The zero-order valence-corrected chi connectivity index (χ0v) is 22.8. The molecule has 1 aliphatic heterocycles. The largest absolute Gasteiger partial charge is 0.315 e. The lowest BCUT2D eigenvalue weighted by Gasteiger charge is -2.34. The number of nitrogens with zero attached hydrogens (tertiary/aromatic N) is 3. The van der Waals surface area contributed by atoms with Gasteiger partial charge in [-0.2, -0.15) is 9.57 Å². The molecule has 2 aliphatic rings. The molecule has 1 atom stereocenters. The number of carbonyl (C=O) groups is 1. The molecule has 0 spiro atoms. The summed E-state index contributed by atoms with van der Waals surface area (Å²) in [6.45, 7) is 11.7. The number of rotatable bonds is 5. The standard InChI is InChI=1S/C26H34N4O3S2/c1-16-6-7-21-22(14-27)26(34-23(21)12-16)28-24(31)15-29-8-10-30(11-9-29)35(32,33)25-19(4)17(2)13-18(3)20(25)5/h13,16H,6-12,15H2,1-5H3,(H,28,31)/t16-/m0/s1. The van der Waals surface area contributed by atoms with Crippen molar-refractivity contribution in [2.75, 3.05) is 38.0 Å². The highest BCUT2D eigenvalue weighted by molar-refractivity contribution is 7.89. The van der Waals surface area contributed by atoms with Crippen molar-refractivity contribution in [2.45, 2.75) is 58.8 Å². The molecule has 0 unspecified atom stereocenters. The molecule has 1 N–H and O–H groups in total. The fourth-order valence-corrected chi connectivity index (χ4v) is 8.53. The van der Waals surface area contributed by atoms with Gasteiger partial charge in [-0.3, -0.25) is 9.69 Å². The number of nitriles is 1. The quantitative estimate of drug-likeness (QED) is 0.653. The van der Waals surface area contributed by atoms with Crippen LogP contribution in [0.15, 0.2) is 11.0 Å². The molecule has 1 saturated heterocycles. The van der Waals surface area contributed by atoms with E-state index < -0.39 is 10.0 Å². The van der Waals surface area contributed by atoms with Crippen LogP contribution in [-0.4, -0.2) is 56.3 Å². The highest BCUT2D eigenvalue weighted by Crippen LogP contribution is 2.39. The molecule has 1 amide bonds. The summed E-state index contributed by atoms with van der Waals surface area (Å²) < 4.78 is 28.5. The molecule has 2 heterocycles. The third-order valence-electron chi connectivity index (χ3n) is 7.47. The Morgan fingerprint density at radius 3 is 2.37 bits per heavy atom. The van der Waals surface area contributed by atoms with Gasteiger partial charge >= 0.3 is 0 Å². The Balaban J connectivity index is 1.40. The van der Waals surface area contributed by atoms with Crippen LogP contribution in [0.1, 0.15) is 51.6 Å². The second kappa shape index (κ2) is 10.0. The maximum atomic E-state index is 13.5. The summed E-state index contributed by atoms with van der Waals surface area (Å²) in [5.41, 5.74) is 5.27. The summed E-state index contributed by atoms with van der Waals surface area (Å²) >= 11 is 1.53. The maximum absolute atomic E-state index is 13.5. The van der Waals surface area contributed by atoms with Crippen molar-refractivity contribution < 1.29 is 13.2 Å². The van der Waals surface area contributed by atoms with Crippen molar-refractivity contribution >= 4 is 32.3 Å². The monoisotopic (exact) mass is 514 g/mol. The van der Waals surface area contributed by atoms with E-state index in [2.05, 4.69) is 18.3 Å². The zero-order chi connectivity index (χ0) is 25.5. The lowest BCUT2D eigenvalue weighted by Crippen LogP contribution is -2.50. The molecule has 188 valence electrons. The van der Waals surface area contributed by atoms with Gasteiger partial charge in [0.05, 0.1) is 17.0 Å². The van der Waals surface area contributed by atoms with E-state index in [1.165, 1.54) is 20.5 Å². The first-order chi connectivity index (χ1) is 16.5. The molecule has 1 aromatic heterocycles. The molecule has 0 bridgehead atoms. The van der Waals surface area contributed by atoms with Crippen molar-refractivity contribution in [3.63, 3.8) is 0 Å². The lowest BCUT2D eigenvalue weighted by molar-refractivity contribution is -0.117. The topological polar surface area (TPSA) is 93.5 Å². The summed E-state index contributed by atoms with van der Waals surface area (Å²) in [5, 5.41) is 13.3. The minimum atomic E-state index is -3.61. The minimum Gasteiger partial charge on any atom is -0.315 e. The van der Waals surface area contributed by atoms with Gasteiger partial charge in [-0.15, -0.1) is 11.3 Å². The molecule has 1 aromatic carbocycles. The number of hydrogen-bond acceptors (Lipinski definition) is 6. The van der Waals surface area contributed by atoms with Crippen LogP contribution in [0.4, 0.5) is 5.00 Å². The van der Waals surface area contributed by atoms with Crippen LogP contribution in [0.25, 0.3) is 0 Å². The van der Waals surface area contributed by atoms with Crippen molar-refractivity contribution in [3.05, 3.63) is 44.3 Å². The maximum Gasteiger partial charge on any atom is 0.243 e. The molecule has 35 heavy (non-hydrogen) atoms. The third kappa shape index (κ3) is 5.03. The molecule has 1 aliphatic carbocycles. The summed E-state index contributed by atoms with van der Waals surface area (Å²) in [5.74, 6) is 0.436. The van der Waals surface area contributed by atoms with E-state index in [0.717, 1.165) is 47.1 Å². The summed E-state index contributed by atoms with van der Waals surface area (Å²) in [4.78, 5) is 16.4.